The van der Waals surface area contributed by atoms with E-state index >= 15 is 0 Å². The highest BCUT2D eigenvalue weighted by molar-refractivity contribution is 6.06. The lowest BCUT2D eigenvalue weighted by Gasteiger charge is -2.10. The van der Waals surface area contributed by atoms with Crippen LogP contribution in [0.15, 0.2) is 144 Å². The molecule has 0 aliphatic rings. The Balaban J connectivity index is 1.28. The molecule has 0 saturated carbocycles. The number of hydrogen-bond acceptors (Lipinski definition) is 6. The van der Waals surface area contributed by atoms with Crippen LogP contribution >= 0.6 is 0 Å². The van der Waals surface area contributed by atoms with Crippen molar-refractivity contribution in [1.29, 1.82) is 0 Å². The molecule has 0 saturated heterocycles. The fourth-order valence-electron chi connectivity index (χ4n) is 5.35. The number of furan rings is 1. The highest BCUT2D eigenvalue weighted by atomic mass is 16.3. The molecule has 0 aliphatic carbocycles. The van der Waals surface area contributed by atoms with Crippen LogP contribution in [0, 0.1) is 0 Å². The number of benzene rings is 5. The minimum atomic E-state index is 0.575. The lowest BCUT2D eigenvalue weighted by Crippen LogP contribution is -2.00. The summed E-state index contributed by atoms with van der Waals surface area (Å²) in [6, 6.07) is 44.6. The van der Waals surface area contributed by atoms with Gasteiger partial charge >= 0.3 is 0 Å². The van der Waals surface area contributed by atoms with E-state index in [1.165, 1.54) is 0 Å². The van der Waals surface area contributed by atoms with Crippen LogP contribution in [0.3, 0.4) is 0 Å². The Morgan fingerprint density at radius 1 is 0.419 bits per heavy atom. The van der Waals surface area contributed by atoms with Gasteiger partial charge in [0.15, 0.2) is 23.1 Å². The highest BCUT2D eigenvalue weighted by Crippen LogP contribution is 2.34. The molecule has 6 nitrogen and oxygen atoms in total. The summed E-state index contributed by atoms with van der Waals surface area (Å²) < 4.78 is 6.22. The second-order valence-corrected chi connectivity index (χ2v) is 10.2. The standard InChI is InChI=1S/C37H23N5O/c1-3-11-24(12-4-1)26-15-9-17-28(21-26)36-40-35(25-13-5-2-6-14-25)41-37(42-36)29-18-10-16-27(22-29)32-34-33(39-23-38-32)30-19-7-8-20-31(30)43-34/h1-23H. The molecule has 0 bridgehead atoms. The van der Waals surface area contributed by atoms with Crippen molar-refractivity contribution in [3.63, 3.8) is 0 Å². The van der Waals surface area contributed by atoms with Gasteiger partial charge in [0.25, 0.3) is 0 Å². The summed E-state index contributed by atoms with van der Waals surface area (Å²) in [6.45, 7) is 0. The van der Waals surface area contributed by atoms with Crippen LogP contribution in [0.25, 0.3) is 78.6 Å². The monoisotopic (exact) mass is 553 g/mol. The van der Waals surface area contributed by atoms with Crippen LogP contribution in [0.1, 0.15) is 0 Å². The lowest BCUT2D eigenvalue weighted by atomic mass is 10.0. The van der Waals surface area contributed by atoms with Crippen LogP contribution in [0.4, 0.5) is 0 Å². The predicted octanol–water partition coefficient (Wildman–Crippen LogP) is 8.90. The lowest BCUT2D eigenvalue weighted by molar-refractivity contribution is 0.667. The van der Waals surface area contributed by atoms with E-state index in [-0.39, 0.29) is 0 Å². The van der Waals surface area contributed by atoms with Crippen molar-refractivity contribution in [2.24, 2.45) is 0 Å². The van der Waals surface area contributed by atoms with E-state index < -0.39 is 0 Å². The first-order valence-corrected chi connectivity index (χ1v) is 14.0. The number of rotatable bonds is 5. The third-order valence-corrected chi connectivity index (χ3v) is 7.45. The zero-order valence-electron chi connectivity index (χ0n) is 22.9. The van der Waals surface area contributed by atoms with Crippen molar-refractivity contribution in [3.05, 3.63) is 140 Å². The molecule has 3 heterocycles. The third-order valence-electron chi connectivity index (χ3n) is 7.45. The first-order chi connectivity index (χ1) is 21.3. The van der Waals surface area contributed by atoms with Crippen LogP contribution in [-0.2, 0) is 0 Å². The molecule has 8 rings (SSSR count). The average Bonchev–Trinajstić information content (AvgIpc) is 3.48. The first-order valence-electron chi connectivity index (χ1n) is 14.0. The van der Waals surface area contributed by atoms with Gasteiger partial charge < -0.3 is 4.42 Å². The van der Waals surface area contributed by atoms with Crippen molar-refractivity contribution in [2.45, 2.75) is 0 Å². The number of aromatic nitrogens is 5. The maximum Gasteiger partial charge on any atom is 0.180 e. The van der Waals surface area contributed by atoms with Crippen LogP contribution < -0.4 is 0 Å². The Bertz CT molecular complexity index is 2240. The number of fused-ring (bicyclic) bond motifs is 3. The molecule has 0 N–H and O–H groups in total. The van der Waals surface area contributed by atoms with E-state index in [1.807, 2.05) is 109 Å². The minimum absolute atomic E-state index is 0.575. The Morgan fingerprint density at radius 2 is 0.953 bits per heavy atom. The smallest absolute Gasteiger partial charge is 0.180 e. The van der Waals surface area contributed by atoms with Crippen molar-refractivity contribution in [2.75, 3.05) is 0 Å². The predicted molar refractivity (Wildman–Crippen MR) is 170 cm³/mol. The average molecular weight is 554 g/mol. The van der Waals surface area contributed by atoms with Gasteiger partial charge in [0.1, 0.15) is 23.1 Å². The summed E-state index contributed by atoms with van der Waals surface area (Å²) in [5.41, 5.74) is 8.74. The van der Waals surface area contributed by atoms with Crippen LogP contribution in [0.2, 0.25) is 0 Å². The first kappa shape index (κ1) is 24.8. The highest BCUT2D eigenvalue weighted by Gasteiger charge is 2.17. The molecule has 0 unspecified atom stereocenters. The molecule has 0 fully saturated rings. The van der Waals surface area contributed by atoms with Gasteiger partial charge in [-0.05, 0) is 35.4 Å². The van der Waals surface area contributed by atoms with Gasteiger partial charge in [0.2, 0.25) is 0 Å². The SMILES string of the molecule is c1ccc(-c2cccc(-c3nc(-c4ccccc4)nc(-c4cccc(-c5ncnc6c5oc5ccccc56)c4)n3)c2)cc1. The van der Waals surface area contributed by atoms with E-state index in [9.17, 15) is 0 Å². The van der Waals surface area contributed by atoms with Crippen molar-refractivity contribution in [1.82, 2.24) is 24.9 Å². The van der Waals surface area contributed by atoms with Crippen LogP contribution in [0.5, 0.6) is 0 Å². The summed E-state index contributed by atoms with van der Waals surface area (Å²) in [4.78, 5) is 24.0. The Hall–Kier alpha value is -6.01. The molecular weight excluding hydrogens is 530 g/mol. The van der Waals surface area contributed by atoms with Crippen molar-refractivity contribution in [3.8, 4) is 56.5 Å². The normalized spacial score (nSPS) is 11.3. The number of hydrogen-bond donors (Lipinski definition) is 0. The topological polar surface area (TPSA) is 77.6 Å². The summed E-state index contributed by atoms with van der Waals surface area (Å²) in [7, 11) is 0. The third kappa shape index (κ3) is 4.61. The summed E-state index contributed by atoms with van der Waals surface area (Å²) in [5.74, 6) is 1.79. The molecule has 43 heavy (non-hydrogen) atoms. The van der Waals surface area contributed by atoms with Gasteiger partial charge in [-0.15, -0.1) is 0 Å². The largest absolute Gasteiger partial charge is 0.452 e. The Morgan fingerprint density at radius 3 is 1.67 bits per heavy atom. The molecule has 3 aromatic heterocycles. The maximum absolute atomic E-state index is 6.22. The van der Waals surface area contributed by atoms with Gasteiger partial charge in [-0.3, -0.25) is 0 Å². The number of nitrogens with zero attached hydrogens (tertiary/aromatic N) is 5. The fraction of sp³-hybridized carbons (Fsp3) is 0. The van der Waals surface area contributed by atoms with Gasteiger partial charge in [-0.1, -0.05) is 109 Å². The molecular formula is C37H23N5O. The summed E-state index contributed by atoms with van der Waals surface area (Å²) >= 11 is 0. The van der Waals surface area contributed by atoms with Gasteiger partial charge in [-0.2, -0.15) is 0 Å². The zero-order chi connectivity index (χ0) is 28.6. The van der Waals surface area contributed by atoms with E-state index in [0.717, 1.165) is 55.6 Å². The van der Waals surface area contributed by atoms with Crippen LogP contribution in [-0.4, -0.2) is 24.9 Å². The minimum Gasteiger partial charge on any atom is -0.452 e. The zero-order valence-corrected chi connectivity index (χ0v) is 22.9. The van der Waals surface area contributed by atoms with E-state index in [2.05, 4.69) is 34.2 Å². The Labute approximate surface area is 247 Å². The molecule has 0 radical (unpaired) electrons. The molecule has 8 aromatic rings. The van der Waals surface area contributed by atoms with Gasteiger partial charge in [-0.25, -0.2) is 24.9 Å². The summed E-state index contributed by atoms with van der Waals surface area (Å²) in [6.07, 6.45) is 1.58. The fourth-order valence-corrected chi connectivity index (χ4v) is 5.35. The van der Waals surface area contributed by atoms with E-state index in [0.29, 0.717) is 23.1 Å². The summed E-state index contributed by atoms with van der Waals surface area (Å²) in [5, 5.41) is 0.963. The second kappa shape index (κ2) is 10.4. The second-order valence-electron chi connectivity index (χ2n) is 10.2. The van der Waals surface area contributed by atoms with Gasteiger partial charge in [0, 0.05) is 27.6 Å². The molecule has 0 atom stereocenters. The van der Waals surface area contributed by atoms with Crippen molar-refractivity contribution >= 4 is 22.1 Å². The molecule has 0 aliphatic heterocycles. The van der Waals surface area contributed by atoms with Crippen molar-refractivity contribution < 1.29 is 4.42 Å². The molecule has 202 valence electrons. The number of para-hydroxylation sites is 1. The molecule has 6 heteroatoms. The van der Waals surface area contributed by atoms with E-state index in [1.54, 1.807) is 6.33 Å². The molecule has 0 spiro atoms. The quantitative estimate of drug-likeness (QED) is 0.212. The Kier molecular flexibility index (Phi) is 6.01. The molecule has 0 amide bonds. The van der Waals surface area contributed by atoms with E-state index in [4.69, 9.17) is 19.4 Å². The van der Waals surface area contributed by atoms with Gasteiger partial charge in [0.05, 0.1) is 0 Å². The maximum atomic E-state index is 6.22. The molecule has 5 aromatic carbocycles.